The second-order valence-electron chi connectivity index (χ2n) is 6.36. The highest BCUT2D eigenvalue weighted by atomic mass is 35.5. The molecule has 124 valence electrons. The molecule has 0 aromatic heterocycles. The first kappa shape index (κ1) is 17.0. The van der Waals surface area contributed by atoms with Gasteiger partial charge in [0, 0.05) is 10.6 Å². The highest BCUT2D eigenvalue weighted by Gasteiger charge is 2.28. The topological polar surface area (TPSA) is 9.23 Å². The molecule has 0 unspecified atom stereocenters. The largest absolute Gasteiger partial charge is 0.370 e. The zero-order valence-electron chi connectivity index (χ0n) is 14.1. The van der Waals surface area contributed by atoms with Crippen molar-refractivity contribution >= 4 is 22.4 Å². The molecule has 24 heavy (non-hydrogen) atoms. The minimum atomic E-state index is 0.797. The summed E-state index contributed by atoms with van der Waals surface area (Å²) >= 11 is 6.04. The van der Waals surface area contributed by atoms with Crippen molar-refractivity contribution in [3.05, 3.63) is 59.1 Å². The summed E-state index contributed by atoms with van der Waals surface area (Å²) in [5.74, 6) is 6.81. The van der Waals surface area contributed by atoms with Crippen LogP contribution in [0.4, 0.5) is 0 Å². The molecule has 1 aliphatic heterocycles. The maximum absolute atomic E-state index is 6.04. The third kappa shape index (κ3) is 4.19. The SMILES string of the molecule is C/C(Cl)=C/C[N+]1(CC#Cc2cccc3ccccc23)CCOCC1. The van der Waals surface area contributed by atoms with Gasteiger partial charge in [-0.3, -0.25) is 0 Å². The summed E-state index contributed by atoms with van der Waals surface area (Å²) < 4.78 is 6.47. The second-order valence-corrected chi connectivity index (χ2v) is 6.96. The highest BCUT2D eigenvalue weighted by Crippen LogP contribution is 2.18. The lowest BCUT2D eigenvalue weighted by molar-refractivity contribution is -0.923. The van der Waals surface area contributed by atoms with Crippen molar-refractivity contribution in [2.45, 2.75) is 6.92 Å². The Morgan fingerprint density at radius 2 is 1.92 bits per heavy atom. The summed E-state index contributed by atoms with van der Waals surface area (Å²) in [7, 11) is 0. The van der Waals surface area contributed by atoms with Crippen LogP contribution in [0.2, 0.25) is 0 Å². The van der Waals surface area contributed by atoms with Crippen LogP contribution in [-0.2, 0) is 4.74 Å². The van der Waals surface area contributed by atoms with Gasteiger partial charge in [0.1, 0.15) is 19.6 Å². The van der Waals surface area contributed by atoms with Crippen molar-refractivity contribution in [1.82, 2.24) is 0 Å². The number of halogens is 1. The zero-order chi connectivity index (χ0) is 16.8. The van der Waals surface area contributed by atoms with Crippen LogP contribution in [0.1, 0.15) is 12.5 Å². The standard InChI is InChI=1S/C21H23ClNO/c1-18(22)11-13-23(14-16-24-17-15-23)12-5-9-20-8-4-7-19-6-2-3-10-21(19)20/h2-4,6-8,10-11H,12-17H2,1H3/q+1/b18-11-. The molecule has 0 saturated carbocycles. The van der Waals surface area contributed by atoms with E-state index in [1.165, 1.54) is 10.8 Å². The predicted octanol–water partition coefficient (Wildman–Crippen LogP) is 4.18. The van der Waals surface area contributed by atoms with Crippen LogP contribution < -0.4 is 0 Å². The van der Waals surface area contributed by atoms with E-state index in [-0.39, 0.29) is 0 Å². The Kier molecular flexibility index (Phi) is 5.58. The van der Waals surface area contributed by atoms with Gasteiger partial charge in [0.2, 0.25) is 0 Å². The van der Waals surface area contributed by atoms with E-state index in [0.29, 0.717) is 0 Å². The number of hydrogen-bond donors (Lipinski definition) is 0. The molecular weight excluding hydrogens is 318 g/mol. The molecule has 2 aromatic rings. The lowest BCUT2D eigenvalue weighted by atomic mass is 10.1. The third-order valence-electron chi connectivity index (χ3n) is 4.61. The fourth-order valence-corrected chi connectivity index (χ4v) is 3.16. The number of allylic oxidation sites excluding steroid dienone is 1. The minimum absolute atomic E-state index is 0.797. The van der Waals surface area contributed by atoms with Crippen LogP contribution in [0, 0.1) is 11.8 Å². The molecule has 0 bridgehead atoms. The third-order valence-corrected chi connectivity index (χ3v) is 4.76. The van der Waals surface area contributed by atoms with Crippen LogP contribution in [-0.4, -0.2) is 43.9 Å². The van der Waals surface area contributed by atoms with Crippen LogP contribution in [0.15, 0.2) is 53.6 Å². The Balaban J connectivity index is 1.82. The van der Waals surface area contributed by atoms with E-state index in [0.717, 1.165) is 54.5 Å². The van der Waals surface area contributed by atoms with Crippen LogP contribution in [0.3, 0.4) is 0 Å². The quantitative estimate of drug-likeness (QED) is 0.601. The van der Waals surface area contributed by atoms with Crippen molar-refractivity contribution in [3.8, 4) is 11.8 Å². The molecule has 0 N–H and O–H groups in total. The van der Waals surface area contributed by atoms with Crippen LogP contribution in [0.25, 0.3) is 10.8 Å². The Labute approximate surface area is 149 Å². The van der Waals surface area contributed by atoms with Gasteiger partial charge in [-0.15, -0.1) is 0 Å². The van der Waals surface area contributed by atoms with E-state index in [2.05, 4.69) is 60.4 Å². The summed E-state index contributed by atoms with van der Waals surface area (Å²) in [6.07, 6.45) is 2.10. The van der Waals surface area contributed by atoms with Crippen molar-refractivity contribution in [1.29, 1.82) is 0 Å². The fraction of sp³-hybridized carbons (Fsp3) is 0.333. The van der Waals surface area contributed by atoms with E-state index in [9.17, 15) is 0 Å². The first-order valence-corrected chi connectivity index (χ1v) is 8.78. The average molecular weight is 341 g/mol. The first-order valence-electron chi connectivity index (χ1n) is 8.40. The van der Waals surface area contributed by atoms with Gasteiger partial charge in [0.15, 0.2) is 0 Å². The lowest BCUT2D eigenvalue weighted by Crippen LogP contribution is -2.55. The molecule has 0 radical (unpaired) electrons. The van der Waals surface area contributed by atoms with Gasteiger partial charge in [0.25, 0.3) is 0 Å². The second kappa shape index (κ2) is 7.85. The zero-order valence-corrected chi connectivity index (χ0v) is 14.9. The minimum Gasteiger partial charge on any atom is -0.370 e. The molecule has 2 nitrogen and oxygen atoms in total. The van der Waals surface area contributed by atoms with Gasteiger partial charge in [-0.1, -0.05) is 53.9 Å². The van der Waals surface area contributed by atoms with Gasteiger partial charge in [0.05, 0.1) is 19.8 Å². The Bertz CT molecular complexity index is 785. The van der Waals surface area contributed by atoms with E-state index in [4.69, 9.17) is 16.3 Å². The van der Waals surface area contributed by atoms with Crippen molar-refractivity contribution in [3.63, 3.8) is 0 Å². The number of ether oxygens (including phenoxy) is 1. The molecule has 0 amide bonds. The molecule has 3 heteroatoms. The van der Waals surface area contributed by atoms with E-state index in [1.807, 2.05) is 6.92 Å². The number of quaternary nitrogens is 1. The van der Waals surface area contributed by atoms with E-state index < -0.39 is 0 Å². The summed E-state index contributed by atoms with van der Waals surface area (Å²) in [4.78, 5) is 0. The average Bonchev–Trinajstić information content (AvgIpc) is 2.61. The normalized spacial score (nSPS) is 17.3. The molecule has 0 atom stereocenters. The molecule has 1 heterocycles. The number of fused-ring (bicyclic) bond motifs is 1. The van der Waals surface area contributed by atoms with Crippen LogP contribution in [0.5, 0.6) is 0 Å². The molecule has 3 rings (SSSR count). The maximum Gasteiger partial charge on any atom is 0.141 e. The molecule has 2 aromatic carbocycles. The van der Waals surface area contributed by atoms with Gasteiger partial charge in [-0.2, -0.15) is 0 Å². The van der Waals surface area contributed by atoms with E-state index in [1.54, 1.807) is 0 Å². The molecule has 0 aliphatic carbocycles. The molecule has 1 fully saturated rings. The molecule has 1 saturated heterocycles. The number of hydrogen-bond acceptors (Lipinski definition) is 1. The fourth-order valence-electron chi connectivity index (χ4n) is 3.09. The monoisotopic (exact) mass is 340 g/mol. The van der Waals surface area contributed by atoms with E-state index >= 15 is 0 Å². The van der Waals surface area contributed by atoms with Crippen molar-refractivity contribution < 1.29 is 9.22 Å². The summed E-state index contributed by atoms with van der Waals surface area (Å²) in [6.45, 7) is 7.25. The lowest BCUT2D eigenvalue weighted by Gasteiger charge is -2.39. The summed E-state index contributed by atoms with van der Waals surface area (Å²) in [5, 5.41) is 3.30. The first-order chi connectivity index (χ1) is 11.7. The molecular formula is C21H23ClNO+. The van der Waals surface area contributed by atoms with Crippen molar-refractivity contribution in [2.24, 2.45) is 0 Å². The predicted molar refractivity (Wildman–Crippen MR) is 101 cm³/mol. The van der Waals surface area contributed by atoms with Gasteiger partial charge < -0.3 is 9.22 Å². The Hall–Kier alpha value is -1.79. The highest BCUT2D eigenvalue weighted by molar-refractivity contribution is 6.29. The number of benzene rings is 2. The smallest absolute Gasteiger partial charge is 0.141 e. The van der Waals surface area contributed by atoms with Gasteiger partial charge in [-0.05, 0) is 35.8 Å². The Morgan fingerprint density at radius 1 is 1.17 bits per heavy atom. The number of nitrogens with zero attached hydrogens (tertiary/aromatic N) is 1. The summed E-state index contributed by atoms with van der Waals surface area (Å²) in [6, 6.07) is 14.7. The Morgan fingerprint density at radius 3 is 2.71 bits per heavy atom. The van der Waals surface area contributed by atoms with Gasteiger partial charge in [-0.25, -0.2) is 0 Å². The van der Waals surface area contributed by atoms with Gasteiger partial charge >= 0.3 is 0 Å². The summed E-state index contributed by atoms with van der Waals surface area (Å²) in [5.41, 5.74) is 1.10. The van der Waals surface area contributed by atoms with Crippen LogP contribution >= 0.6 is 11.6 Å². The van der Waals surface area contributed by atoms with Crippen molar-refractivity contribution in [2.75, 3.05) is 39.4 Å². The molecule has 0 spiro atoms. The number of morpholine rings is 1. The number of rotatable bonds is 3. The maximum atomic E-state index is 6.04. The molecule has 1 aliphatic rings.